The molecule has 2 aromatic heterocycles. The third-order valence-electron chi connectivity index (χ3n) is 8.29. The van der Waals surface area contributed by atoms with Gasteiger partial charge in [-0.15, -0.1) is 0 Å². The molecule has 0 radical (unpaired) electrons. The zero-order valence-corrected chi connectivity index (χ0v) is 26.6. The van der Waals surface area contributed by atoms with Crippen LogP contribution in [-0.2, 0) is 27.9 Å². The first-order valence-electron chi connectivity index (χ1n) is 15.1. The fraction of sp³-hybridized carbons (Fsp3) is 0.485. The lowest BCUT2D eigenvalue weighted by Gasteiger charge is -2.45. The molecule has 2 aliphatic rings. The fourth-order valence-electron chi connectivity index (χ4n) is 6.01. The van der Waals surface area contributed by atoms with Gasteiger partial charge in [0.2, 0.25) is 5.91 Å². The fourth-order valence-corrected chi connectivity index (χ4v) is 6.01. The van der Waals surface area contributed by atoms with Crippen LogP contribution in [0.5, 0.6) is 0 Å². The van der Waals surface area contributed by atoms with Crippen molar-refractivity contribution in [3.8, 4) is 0 Å². The van der Waals surface area contributed by atoms with E-state index in [1.807, 2.05) is 46.4 Å². The minimum atomic E-state index is -0.677. The number of pyridine rings is 1. The smallest absolute Gasteiger partial charge is 0.410 e. The molecule has 0 saturated carbocycles. The highest BCUT2D eigenvalue weighted by Crippen LogP contribution is 2.41. The Kier molecular flexibility index (Phi) is 8.81. The summed E-state index contributed by atoms with van der Waals surface area (Å²) in [7, 11) is 0. The number of halogens is 2. The molecule has 0 unspecified atom stereocenters. The lowest BCUT2D eigenvalue weighted by molar-refractivity contribution is -0.121. The summed E-state index contributed by atoms with van der Waals surface area (Å²) >= 11 is 0. The van der Waals surface area contributed by atoms with Gasteiger partial charge in [-0.05, 0) is 51.5 Å². The summed E-state index contributed by atoms with van der Waals surface area (Å²) in [4.78, 5) is 49.7. The molecule has 10 nitrogen and oxygen atoms in total. The van der Waals surface area contributed by atoms with Crippen molar-refractivity contribution in [3.63, 3.8) is 0 Å². The summed E-state index contributed by atoms with van der Waals surface area (Å²) in [6.07, 6.45) is 2.96. The first-order valence-corrected chi connectivity index (χ1v) is 15.1. The van der Waals surface area contributed by atoms with E-state index in [2.05, 4.69) is 10.1 Å². The maximum Gasteiger partial charge on any atom is 0.410 e. The number of nitrogens with zero attached hydrogens (tertiary/aromatic N) is 6. The van der Waals surface area contributed by atoms with Crippen molar-refractivity contribution in [2.75, 3.05) is 31.1 Å². The molecule has 1 fully saturated rings. The Morgan fingerprint density at radius 2 is 1.87 bits per heavy atom. The van der Waals surface area contributed by atoms with Gasteiger partial charge in [-0.2, -0.15) is 5.10 Å². The number of aromatic nitrogens is 3. The molecule has 0 aliphatic carbocycles. The molecule has 0 bridgehead atoms. The normalized spacial score (nSPS) is 19.8. The molecule has 4 heterocycles. The monoisotopic (exact) mass is 622 g/mol. The zero-order valence-electron chi connectivity index (χ0n) is 26.6. The number of carbonyl (C=O) groups is 2. The van der Waals surface area contributed by atoms with Gasteiger partial charge in [0.1, 0.15) is 17.2 Å². The highest BCUT2D eigenvalue weighted by Gasteiger charge is 2.42. The summed E-state index contributed by atoms with van der Waals surface area (Å²) in [5.41, 5.74) is 1.14. The summed E-state index contributed by atoms with van der Waals surface area (Å²) < 4.78 is 34.9. The Labute approximate surface area is 261 Å². The van der Waals surface area contributed by atoms with E-state index in [4.69, 9.17) is 4.74 Å². The van der Waals surface area contributed by atoms with Crippen LogP contribution in [0.2, 0.25) is 0 Å². The third kappa shape index (κ3) is 7.22. The second-order valence-electron chi connectivity index (χ2n) is 13.6. The predicted molar refractivity (Wildman–Crippen MR) is 165 cm³/mol. The van der Waals surface area contributed by atoms with Crippen molar-refractivity contribution < 1.29 is 23.1 Å². The summed E-state index contributed by atoms with van der Waals surface area (Å²) in [6, 6.07) is 7.60. The highest BCUT2D eigenvalue weighted by molar-refractivity contribution is 5.97. The third-order valence-corrected chi connectivity index (χ3v) is 8.29. The number of anilines is 1. The molecule has 0 N–H and O–H groups in total. The quantitative estimate of drug-likeness (QED) is 0.408. The molecule has 5 rings (SSSR count). The Balaban J connectivity index is 1.40. The number of piperazine rings is 1. The standard InChI is InChI=1S/C33H40F2N6O4/c1-21-16-38(25(18-41-29(42)8-7-11-37-41)17-39(21)31(44)45-32(2,3)4)19-30(43)40-20-33(5,6)26-15-36-24(14-28(26)40)12-22-9-10-23(34)13-27(22)35/h7-11,13-15,21,25H,12,16-20H2,1-6H3/t21-,25-/m1/s1. The first kappa shape index (κ1) is 32.2. The molecule has 0 spiro atoms. The van der Waals surface area contributed by atoms with Crippen LogP contribution >= 0.6 is 0 Å². The number of hydrogen-bond acceptors (Lipinski definition) is 7. The van der Waals surface area contributed by atoms with Gasteiger partial charge in [-0.25, -0.2) is 18.3 Å². The van der Waals surface area contributed by atoms with E-state index in [9.17, 15) is 23.2 Å². The summed E-state index contributed by atoms with van der Waals surface area (Å²) in [6.45, 7) is 12.7. The van der Waals surface area contributed by atoms with Crippen molar-refractivity contribution in [1.29, 1.82) is 0 Å². The van der Waals surface area contributed by atoms with Gasteiger partial charge in [0.05, 0.1) is 18.8 Å². The van der Waals surface area contributed by atoms with Gasteiger partial charge in [0, 0.05) is 79.3 Å². The number of carbonyl (C=O) groups excluding carboxylic acids is 2. The minimum Gasteiger partial charge on any atom is -0.444 e. The maximum absolute atomic E-state index is 14.4. The van der Waals surface area contributed by atoms with E-state index in [-0.39, 0.29) is 49.0 Å². The van der Waals surface area contributed by atoms with Gasteiger partial charge in [-0.3, -0.25) is 19.5 Å². The number of benzene rings is 1. The van der Waals surface area contributed by atoms with Crippen LogP contribution in [-0.4, -0.2) is 80.4 Å². The van der Waals surface area contributed by atoms with E-state index in [1.165, 1.54) is 29.1 Å². The summed E-state index contributed by atoms with van der Waals surface area (Å²) in [5.74, 6) is -1.45. The Hall–Kier alpha value is -4.19. The van der Waals surface area contributed by atoms with E-state index in [0.29, 0.717) is 30.0 Å². The molecule has 240 valence electrons. The van der Waals surface area contributed by atoms with E-state index in [1.54, 1.807) is 28.1 Å². The Morgan fingerprint density at radius 3 is 2.56 bits per heavy atom. The SMILES string of the molecule is C[C@@H]1CN(CC(=O)N2CC(C)(C)c3cnc(Cc4ccc(F)cc4F)cc32)[C@@H](Cn2ncccc2=O)CN1C(=O)OC(C)(C)C. The molecule has 2 aliphatic heterocycles. The molecule has 2 atom stereocenters. The van der Waals surface area contributed by atoms with Crippen LogP contribution in [0, 0.1) is 11.6 Å². The summed E-state index contributed by atoms with van der Waals surface area (Å²) in [5, 5.41) is 4.21. The molecular weight excluding hydrogens is 582 g/mol. The van der Waals surface area contributed by atoms with Crippen LogP contribution in [0.3, 0.4) is 0 Å². The molecule has 45 heavy (non-hydrogen) atoms. The van der Waals surface area contributed by atoms with Crippen molar-refractivity contribution in [3.05, 3.63) is 87.6 Å². The maximum atomic E-state index is 14.4. The number of ether oxygens (including phenoxy) is 1. The van der Waals surface area contributed by atoms with Crippen molar-refractivity contribution >= 4 is 17.7 Å². The van der Waals surface area contributed by atoms with Crippen LogP contribution in [0.15, 0.2) is 53.6 Å². The van der Waals surface area contributed by atoms with Crippen LogP contribution < -0.4 is 10.5 Å². The molecule has 1 saturated heterocycles. The largest absolute Gasteiger partial charge is 0.444 e. The predicted octanol–water partition coefficient (Wildman–Crippen LogP) is 4.14. The van der Waals surface area contributed by atoms with Crippen molar-refractivity contribution in [2.45, 2.75) is 77.6 Å². The minimum absolute atomic E-state index is 0.0402. The lowest BCUT2D eigenvalue weighted by atomic mass is 9.88. The van der Waals surface area contributed by atoms with Gasteiger partial charge in [0.15, 0.2) is 0 Å². The highest BCUT2D eigenvalue weighted by atomic mass is 19.1. The lowest BCUT2D eigenvalue weighted by Crippen LogP contribution is -2.62. The molecule has 2 amide bonds. The second-order valence-corrected chi connectivity index (χ2v) is 13.6. The second kappa shape index (κ2) is 12.3. The number of hydrogen-bond donors (Lipinski definition) is 0. The van der Waals surface area contributed by atoms with Gasteiger partial charge >= 0.3 is 6.09 Å². The van der Waals surface area contributed by atoms with Crippen LogP contribution in [0.25, 0.3) is 0 Å². The molecule has 3 aromatic rings. The Morgan fingerprint density at radius 1 is 1.11 bits per heavy atom. The first-order chi connectivity index (χ1) is 21.1. The molecule has 12 heteroatoms. The van der Waals surface area contributed by atoms with Gasteiger partial charge in [0.25, 0.3) is 5.56 Å². The molecular formula is C33H40F2N6O4. The number of fused-ring (bicyclic) bond motifs is 1. The van der Waals surface area contributed by atoms with E-state index in [0.717, 1.165) is 11.6 Å². The zero-order chi connectivity index (χ0) is 32.7. The van der Waals surface area contributed by atoms with Crippen LogP contribution in [0.4, 0.5) is 19.3 Å². The van der Waals surface area contributed by atoms with E-state index < -0.39 is 29.4 Å². The van der Waals surface area contributed by atoms with Gasteiger partial charge in [-0.1, -0.05) is 19.9 Å². The van der Waals surface area contributed by atoms with Crippen molar-refractivity contribution in [2.24, 2.45) is 0 Å². The average Bonchev–Trinajstić information content (AvgIpc) is 3.21. The average molecular weight is 623 g/mol. The Bertz CT molecular complexity index is 1650. The topological polar surface area (TPSA) is 101 Å². The van der Waals surface area contributed by atoms with Crippen LogP contribution in [0.1, 0.15) is 58.4 Å². The van der Waals surface area contributed by atoms with E-state index >= 15 is 0 Å². The van der Waals surface area contributed by atoms with Gasteiger partial charge < -0.3 is 14.5 Å². The number of rotatable bonds is 6. The van der Waals surface area contributed by atoms with Crippen molar-refractivity contribution in [1.82, 2.24) is 24.6 Å². The molecule has 1 aromatic carbocycles. The number of amides is 2.